The lowest BCUT2D eigenvalue weighted by molar-refractivity contribution is -0.153. The van der Waals surface area contributed by atoms with E-state index in [9.17, 15) is 95.7 Å². The molecule has 7 aromatic carbocycles. The second-order valence-corrected chi connectivity index (χ2v) is 40.3. The Kier molecular flexibility index (Phi) is 47.4. The molecule has 3 heterocycles. The minimum Gasteiger partial charge on any atom is -0.507 e. The molecule has 149 heavy (non-hydrogen) atoms. The van der Waals surface area contributed by atoms with Crippen molar-refractivity contribution in [3.8, 4) is 23.0 Å². The highest BCUT2D eigenvalue weighted by Crippen LogP contribution is 2.48. The molecular weight excluding hydrogens is 2080 g/mol. The van der Waals surface area contributed by atoms with Crippen LogP contribution in [0.3, 0.4) is 0 Å². The highest BCUT2D eigenvalue weighted by Gasteiger charge is 2.54. The summed E-state index contributed by atoms with van der Waals surface area (Å²) >= 11 is 18.3. The summed E-state index contributed by atoms with van der Waals surface area (Å²) in [6, 6.07) is 26.2. The van der Waals surface area contributed by atoms with Gasteiger partial charge in [0.1, 0.15) is 118 Å². The largest absolute Gasteiger partial charge is 0.507 e. The minimum atomic E-state index is -1.33. The number of methoxy groups -OCH3 is 2. The molecule has 30 nitrogen and oxygen atoms in total. The summed E-state index contributed by atoms with van der Waals surface area (Å²) in [4.78, 5) is 108. The van der Waals surface area contributed by atoms with Crippen molar-refractivity contribution in [1.82, 2.24) is 0 Å². The van der Waals surface area contributed by atoms with Gasteiger partial charge in [-0.1, -0.05) is 85.9 Å². The van der Waals surface area contributed by atoms with E-state index in [1.807, 2.05) is 107 Å². The van der Waals surface area contributed by atoms with Crippen LogP contribution in [0.4, 0.5) is 37.2 Å². The molecule has 2 saturated carbocycles. The number of esters is 2. The van der Waals surface area contributed by atoms with E-state index < -0.39 is 136 Å². The van der Waals surface area contributed by atoms with Crippen molar-refractivity contribution in [2.24, 2.45) is 34.1 Å². The number of hydrogen-bond acceptors (Lipinski definition) is 28. The van der Waals surface area contributed by atoms with Gasteiger partial charge in [-0.3, -0.25) is 9.63 Å². The Labute approximate surface area is 885 Å². The van der Waals surface area contributed by atoms with Gasteiger partial charge in [0.15, 0.2) is 17.2 Å². The van der Waals surface area contributed by atoms with Crippen LogP contribution in [0.2, 0.25) is 6.32 Å². The molecule has 3 fully saturated rings. The summed E-state index contributed by atoms with van der Waals surface area (Å²) in [5.74, 6) is -6.03. The third-order valence-corrected chi connectivity index (χ3v) is 26.1. The molecule has 0 bridgehead atoms. The predicted molar refractivity (Wildman–Crippen MR) is 561 cm³/mol. The first-order valence-corrected chi connectivity index (χ1v) is 48.7. The van der Waals surface area contributed by atoms with Gasteiger partial charge >= 0.3 is 54.4 Å². The molecule has 2 aromatic heterocycles. The fourth-order valence-electron chi connectivity index (χ4n) is 15.8. The zero-order valence-electron chi connectivity index (χ0n) is 86.9. The van der Waals surface area contributed by atoms with Gasteiger partial charge in [-0.05, 0) is 314 Å². The lowest BCUT2D eigenvalue weighted by atomic mass is 9.65. The molecule has 3 aliphatic rings. The van der Waals surface area contributed by atoms with Crippen LogP contribution in [0.25, 0.3) is 21.9 Å². The number of carbonyl (C=O) groups is 7. The molecular formula is C109H129BBrCl3F5N3O27. The standard InChI is InChI=1S/C33H38FNO9.C20H25ClN2O8.C13H15FO2.2C12H12ClFO2.C11H21BO2.C8H6BrFO2/c1-16(2)6-7-18-12-19(8-10-23(18)34)24(37)13-21-27(38)20-9-11-25(17(3)29(20)43-31(21)40)42-26-14-33(4,5)22(15-36)30(28(26)39)44-32(35)41;1-8-11(5-4-9-14(25)13(23-21)18(27)30-16(8)9)29-12-6-20(2,3)10(7-24)17(15(12)26)31-19(22)28;1-9(2)4-5-10-8-11(13(15)16-3)6-7-12(10)14;2*1-8(2)3-4-9-7-10(12(15)16-13)5-6-11(9)14;1-9(2)7-8-12-13-10(3,4)11(5,6)14-12;1-12-8(11)5-2-3-7(10)6(9)4-5/h6,8-12,22,26,28,30,36,38-39H,7,13-15H2,1-5H3,(H2,35,41);4-5,10,12,15,17,23-26H,6-7H2,1-3H3,(H2,22,28);4,6-8H,5H2,1-3H3;2*3,5-7H,4H2,1-2H3;7H,8H2,1-6H3;2-4H,1H3/t22-,26-,28?,30+;10-,12-,15?,17+;;;;;/m11...../s1. The van der Waals surface area contributed by atoms with E-state index in [0.717, 1.165) is 28.6 Å². The van der Waals surface area contributed by atoms with Gasteiger partial charge in [0.2, 0.25) is 0 Å². The van der Waals surface area contributed by atoms with Gasteiger partial charge in [-0.15, -0.1) is 0 Å². The SMILES string of the molecule is CC(C)=CCB1OC(C)(C)C(C)(C)O1.CC(C)=CCc1cc(C(=O)Cc2c(O)c3ccc(O[C@@H]4CC(C)(C)[C@H](CO)[C@H](OC(N)=O)C4O)c(C)c3oc2=O)ccc1F.CC(C)=CCc1cc(C(=O)OCl)ccc1F.CC(C)=CCc1cc(C(=O)OCl)ccc1F.COC(=O)c1ccc(F)c(Br)c1.COC(=O)c1ccc(F)c(CC=C(C)C)c1.Cc1c(O[C@@H]2CC(C)(C)[C@H](CO)[C@H](OC(N)=O)C2O)ccc2c(O)c(NCl)c(=O)oc12. The van der Waals surface area contributed by atoms with E-state index in [2.05, 4.69) is 86.4 Å². The van der Waals surface area contributed by atoms with Crippen molar-refractivity contribution in [3.05, 3.63) is 295 Å². The first kappa shape index (κ1) is 125. The number of ether oxygens (including phenoxy) is 6. The number of benzene rings is 7. The van der Waals surface area contributed by atoms with Crippen LogP contribution in [-0.4, -0.2) is 155 Å². The van der Waals surface area contributed by atoms with E-state index in [1.54, 1.807) is 19.9 Å². The monoisotopic (exact) mass is 2200 g/mol. The van der Waals surface area contributed by atoms with Gasteiger partial charge in [0.25, 0.3) is 0 Å². The van der Waals surface area contributed by atoms with Crippen molar-refractivity contribution >= 4 is 128 Å². The molecule has 40 heteroatoms. The third-order valence-electron chi connectivity index (χ3n) is 25.0. The number of amides is 2. The molecule has 2 unspecified atom stereocenters. The number of halogens is 9. The summed E-state index contributed by atoms with van der Waals surface area (Å²) < 4.78 is 129. The highest BCUT2D eigenvalue weighted by molar-refractivity contribution is 9.10. The smallest absolute Gasteiger partial charge is 0.461 e. The maximum atomic E-state index is 14.3. The molecule has 0 radical (unpaired) electrons. The van der Waals surface area contributed by atoms with Gasteiger partial charge in [-0.2, -0.15) is 0 Å². The number of aromatic hydroxyl groups is 2. The second-order valence-electron chi connectivity index (χ2n) is 38.9. The zero-order chi connectivity index (χ0) is 112. The maximum Gasteiger partial charge on any atom is 0.461 e. The average Bonchev–Trinajstić information content (AvgIpc) is 1.18. The molecule has 11 N–H and O–H groups in total. The number of primary amides is 2. The number of hydrogen-bond donors (Lipinski definition) is 9. The number of aryl methyl sites for hydroxylation is 2. The number of fused-ring (bicyclic) bond motifs is 2. The summed E-state index contributed by atoms with van der Waals surface area (Å²) in [6.07, 6.45) is 3.68. The summed E-state index contributed by atoms with van der Waals surface area (Å²) in [6.45, 7) is 37.8. The van der Waals surface area contributed by atoms with Gasteiger partial charge in [0, 0.05) is 53.0 Å². The summed E-state index contributed by atoms with van der Waals surface area (Å²) in [5, 5.41) is 63.3. The fourth-order valence-corrected chi connectivity index (χ4v) is 16.5. The number of nitrogens with one attached hydrogen (secondary N) is 1. The number of allylic oxidation sites excluding steroid dienone is 10. The van der Waals surface area contributed by atoms with Gasteiger partial charge in [-0.25, -0.2) is 60.3 Å². The van der Waals surface area contributed by atoms with Crippen LogP contribution in [0.5, 0.6) is 23.0 Å². The number of Topliss-reactive ketones (excluding diaryl/α,β-unsaturated/α-hetero) is 1. The van der Waals surface area contributed by atoms with Gasteiger partial charge < -0.3 is 97.2 Å². The Morgan fingerprint density at radius 2 is 0.799 bits per heavy atom. The number of aliphatic hydroxyl groups excluding tert-OH is 4. The molecule has 0 spiro atoms. The Bertz CT molecular complexity index is 6350. The van der Waals surface area contributed by atoms with Crippen molar-refractivity contribution in [1.29, 1.82) is 0 Å². The van der Waals surface area contributed by atoms with Crippen molar-refractivity contribution < 1.29 is 141 Å². The Balaban J connectivity index is 0.000000281. The summed E-state index contributed by atoms with van der Waals surface area (Å²) in [7, 11) is 2.50. The van der Waals surface area contributed by atoms with E-state index in [0.29, 0.717) is 82.4 Å². The first-order chi connectivity index (χ1) is 69.7. The van der Waals surface area contributed by atoms with Gasteiger partial charge in [0.05, 0.1) is 81.7 Å². The van der Waals surface area contributed by atoms with E-state index >= 15 is 0 Å². The quantitative estimate of drug-likeness (QED) is 0.00355. The van der Waals surface area contributed by atoms with Crippen LogP contribution in [0.15, 0.2) is 196 Å². The zero-order valence-corrected chi connectivity index (χ0v) is 90.8. The number of carbonyl (C=O) groups excluding carboxylic acids is 7. The minimum absolute atomic E-state index is 0.0229. The maximum absolute atomic E-state index is 14.3. The lowest BCUT2D eigenvalue weighted by Gasteiger charge is -2.48. The van der Waals surface area contributed by atoms with Crippen LogP contribution in [0.1, 0.15) is 228 Å². The van der Waals surface area contributed by atoms with Crippen LogP contribution in [0, 0.1) is 65.6 Å². The first-order valence-electron chi connectivity index (χ1n) is 46.9. The number of nitrogens with two attached hydrogens (primary N) is 2. The second kappa shape index (κ2) is 56.4. The molecule has 1 saturated heterocycles. The van der Waals surface area contributed by atoms with E-state index in [1.165, 1.54) is 129 Å². The molecule has 808 valence electrons. The lowest BCUT2D eigenvalue weighted by Crippen LogP contribution is -2.58. The number of anilines is 1. The number of rotatable bonds is 26. The Hall–Kier alpha value is -12.4. The fraction of sp³-hybridized carbons (Fsp3) is 0.404. The van der Waals surface area contributed by atoms with Crippen molar-refractivity contribution in [2.75, 3.05) is 32.3 Å². The summed E-state index contributed by atoms with van der Waals surface area (Å²) in [5.41, 5.74) is 16.1. The molecule has 9 aromatic rings. The topological polar surface area (TPSA) is 458 Å². The van der Waals surface area contributed by atoms with E-state index in [4.69, 9.17) is 84.1 Å². The van der Waals surface area contributed by atoms with Crippen LogP contribution in [-0.2, 0) is 68.9 Å². The Morgan fingerprint density at radius 3 is 1.12 bits per heavy atom. The van der Waals surface area contributed by atoms with E-state index in [-0.39, 0.29) is 121 Å². The van der Waals surface area contributed by atoms with Crippen molar-refractivity contribution in [3.63, 3.8) is 0 Å². The van der Waals surface area contributed by atoms with Crippen LogP contribution >= 0.6 is 51.4 Å². The van der Waals surface area contributed by atoms with Crippen LogP contribution < -0.4 is 37.0 Å². The number of ketones is 1. The molecule has 2 amide bonds. The highest BCUT2D eigenvalue weighted by atomic mass is 79.9. The molecule has 8 atom stereocenters. The average molecular weight is 2210 g/mol. The Morgan fingerprint density at radius 1 is 0.477 bits per heavy atom. The van der Waals surface area contributed by atoms with Crippen molar-refractivity contribution in [2.45, 2.75) is 238 Å². The third kappa shape index (κ3) is 35.1. The normalized spacial score (nSPS) is 17.6. The number of aliphatic hydroxyl groups is 4. The predicted octanol–water partition coefficient (Wildman–Crippen LogP) is 22.3. The molecule has 1 aliphatic heterocycles. The molecule has 2 aliphatic carbocycles. The molecule has 12 rings (SSSR count).